The Labute approximate surface area is 152 Å². The van der Waals surface area contributed by atoms with Gasteiger partial charge in [-0.15, -0.1) is 0 Å². The molecule has 2 radical (unpaired) electrons. The molecule has 1 aromatic carbocycles. The van der Waals surface area contributed by atoms with Crippen LogP contribution < -0.4 is 0 Å². The first kappa shape index (κ1) is 17.7. The van der Waals surface area contributed by atoms with Gasteiger partial charge in [-0.05, 0) is 36.1 Å². The molecule has 2 aromatic rings. The second-order valence-electron chi connectivity index (χ2n) is 5.09. The van der Waals surface area contributed by atoms with Gasteiger partial charge >= 0.3 is 0 Å². The molecule has 2 aliphatic carbocycles. The number of hydrogen-bond donors (Lipinski definition) is 0. The SMILES string of the molecule is Cc1nc(C2=C[CH]C=C2)cc2cc(Cl)ccc12.[CH]1C=CC=C1.[Fe]. The molecule has 2 aliphatic rings. The Balaban J connectivity index is 0.000000276. The van der Waals surface area contributed by atoms with Crippen molar-refractivity contribution in [2.45, 2.75) is 6.92 Å². The minimum absolute atomic E-state index is 0. The van der Waals surface area contributed by atoms with Gasteiger partial charge in [0.05, 0.1) is 5.69 Å². The molecule has 0 unspecified atom stereocenters. The number of aromatic nitrogens is 1. The molecule has 0 N–H and O–H groups in total. The van der Waals surface area contributed by atoms with E-state index in [9.17, 15) is 0 Å². The fraction of sp³-hybridized carbons (Fsp3) is 0.0500. The summed E-state index contributed by atoms with van der Waals surface area (Å²) in [6.45, 7) is 2.03. The standard InChI is InChI=1S/C15H11ClN.C5H5.Fe/c1-10-14-7-6-13(16)8-12(14)9-15(17-10)11-4-2-3-5-11;1-2-4-5-3-1;/h2-9H,1H3;1-5H;. The largest absolute Gasteiger partial charge is 0.252 e. The van der Waals surface area contributed by atoms with Gasteiger partial charge in [-0.2, -0.15) is 0 Å². The molecule has 0 spiro atoms. The van der Waals surface area contributed by atoms with Gasteiger partial charge in [-0.1, -0.05) is 60.2 Å². The normalized spacial score (nSPS) is 14.4. The summed E-state index contributed by atoms with van der Waals surface area (Å²) in [7, 11) is 0. The zero-order valence-corrected chi connectivity index (χ0v) is 14.5. The number of fused-ring (bicyclic) bond motifs is 1. The van der Waals surface area contributed by atoms with Gasteiger partial charge in [0.25, 0.3) is 0 Å². The molecule has 1 heterocycles. The van der Waals surface area contributed by atoms with E-state index < -0.39 is 0 Å². The third kappa shape index (κ3) is 4.45. The topological polar surface area (TPSA) is 12.9 Å². The molecular formula is C20H16ClFeN. The Bertz CT molecular complexity index is 806. The molecule has 3 heteroatoms. The molecule has 0 amide bonds. The van der Waals surface area contributed by atoms with Crippen molar-refractivity contribution in [1.29, 1.82) is 0 Å². The van der Waals surface area contributed by atoms with E-state index in [-0.39, 0.29) is 17.1 Å². The van der Waals surface area contributed by atoms with Gasteiger partial charge < -0.3 is 0 Å². The Kier molecular flexibility index (Phi) is 6.41. The van der Waals surface area contributed by atoms with E-state index in [2.05, 4.69) is 23.2 Å². The Hall–Kier alpha value is -1.60. The molecule has 116 valence electrons. The van der Waals surface area contributed by atoms with Crippen LogP contribution in [0.1, 0.15) is 11.4 Å². The minimum Gasteiger partial charge on any atom is -0.252 e. The maximum absolute atomic E-state index is 6.03. The van der Waals surface area contributed by atoms with Gasteiger partial charge in [-0.25, -0.2) is 0 Å². The van der Waals surface area contributed by atoms with Gasteiger partial charge in [-0.3, -0.25) is 4.98 Å². The third-order valence-electron chi connectivity index (χ3n) is 3.50. The van der Waals surface area contributed by atoms with Crippen LogP contribution in [-0.2, 0) is 17.1 Å². The van der Waals surface area contributed by atoms with Gasteiger partial charge in [0.15, 0.2) is 0 Å². The maximum Gasteiger partial charge on any atom is 0.0708 e. The average Bonchev–Trinajstić information content (AvgIpc) is 3.23. The van der Waals surface area contributed by atoms with Crippen molar-refractivity contribution in [2.24, 2.45) is 0 Å². The summed E-state index contributed by atoms with van der Waals surface area (Å²) in [6.07, 6.45) is 18.2. The predicted octanol–water partition coefficient (Wildman–Crippen LogP) is 5.67. The first-order valence-electron chi connectivity index (χ1n) is 7.20. The first-order valence-corrected chi connectivity index (χ1v) is 7.57. The fourth-order valence-corrected chi connectivity index (χ4v) is 2.60. The van der Waals surface area contributed by atoms with Crippen molar-refractivity contribution in [2.75, 3.05) is 0 Å². The van der Waals surface area contributed by atoms with Gasteiger partial charge in [0.2, 0.25) is 0 Å². The molecule has 0 aliphatic heterocycles. The number of rotatable bonds is 1. The molecule has 1 nitrogen and oxygen atoms in total. The van der Waals surface area contributed by atoms with Crippen LogP contribution in [0, 0.1) is 19.8 Å². The van der Waals surface area contributed by atoms with E-state index in [0.29, 0.717) is 0 Å². The molecular weight excluding hydrogens is 346 g/mol. The molecule has 0 atom stereocenters. The summed E-state index contributed by atoms with van der Waals surface area (Å²) < 4.78 is 0. The summed E-state index contributed by atoms with van der Waals surface area (Å²) in [4.78, 5) is 4.63. The Morgan fingerprint density at radius 2 is 1.70 bits per heavy atom. The fourth-order valence-electron chi connectivity index (χ4n) is 2.42. The summed E-state index contributed by atoms with van der Waals surface area (Å²) in [5.74, 6) is 0. The summed E-state index contributed by atoms with van der Waals surface area (Å²) in [5.41, 5.74) is 3.19. The zero-order valence-electron chi connectivity index (χ0n) is 12.7. The number of allylic oxidation sites excluding steroid dienone is 8. The Morgan fingerprint density at radius 1 is 0.913 bits per heavy atom. The number of halogens is 1. The van der Waals surface area contributed by atoms with Crippen LogP contribution in [0.4, 0.5) is 0 Å². The van der Waals surface area contributed by atoms with E-state index in [4.69, 9.17) is 11.6 Å². The molecule has 0 bridgehead atoms. The van der Waals surface area contributed by atoms with Gasteiger partial charge in [0.1, 0.15) is 0 Å². The van der Waals surface area contributed by atoms with E-state index in [1.54, 1.807) is 0 Å². The minimum atomic E-state index is 0. The average molecular weight is 362 g/mol. The van der Waals surface area contributed by atoms with Crippen LogP contribution in [0.15, 0.2) is 66.8 Å². The van der Waals surface area contributed by atoms with Crippen LogP contribution in [-0.4, -0.2) is 4.98 Å². The van der Waals surface area contributed by atoms with Crippen LogP contribution in [0.5, 0.6) is 0 Å². The van der Waals surface area contributed by atoms with Crippen molar-refractivity contribution in [3.8, 4) is 0 Å². The van der Waals surface area contributed by atoms with Crippen LogP contribution in [0.25, 0.3) is 16.3 Å². The first-order chi connectivity index (χ1) is 10.7. The number of benzene rings is 1. The molecule has 0 fully saturated rings. The van der Waals surface area contributed by atoms with Crippen molar-refractivity contribution in [3.63, 3.8) is 0 Å². The zero-order chi connectivity index (χ0) is 15.4. The summed E-state index contributed by atoms with van der Waals surface area (Å²) >= 11 is 6.03. The Morgan fingerprint density at radius 3 is 2.30 bits per heavy atom. The van der Waals surface area contributed by atoms with E-state index >= 15 is 0 Å². The van der Waals surface area contributed by atoms with E-state index in [1.165, 1.54) is 0 Å². The number of pyridine rings is 1. The molecule has 4 rings (SSSR count). The monoisotopic (exact) mass is 361 g/mol. The summed E-state index contributed by atoms with van der Waals surface area (Å²) in [5, 5.41) is 3.06. The van der Waals surface area contributed by atoms with E-state index in [1.807, 2.05) is 68.3 Å². The summed E-state index contributed by atoms with van der Waals surface area (Å²) in [6, 6.07) is 8.00. The van der Waals surface area contributed by atoms with Crippen molar-refractivity contribution in [3.05, 3.63) is 96.0 Å². The molecule has 0 saturated heterocycles. The number of nitrogens with zero attached hydrogens (tertiary/aromatic N) is 1. The number of aryl methyl sites for hydroxylation is 1. The van der Waals surface area contributed by atoms with Crippen LogP contribution in [0.2, 0.25) is 5.02 Å². The van der Waals surface area contributed by atoms with E-state index in [0.717, 1.165) is 32.8 Å². The number of hydrogen-bond acceptors (Lipinski definition) is 1. The van der Waals surface area contributed by atoms with Crippen molar-refractivity contribution < 1.29 is 17.1 Å². The van der Waals surface area contributed by atoms with Crippen molar-refractivity contribution in [1.82, 2.24) is 4.98 Å². The van der Waals surface area contributed by atoms with Gasteiger partial charge in [0, 0.05) is 46.0 Å². The van der Waals surface area contributed by atoms with Crippen molar-refractivity contribution >= 4 is 27.9 Å². The van der Waals surface area contributed by atoms with Crippen LogP contribution in [0.3, 0.4) is 0 Å². The maximum atomic E-state index is 6.03. The molecule has 0 saturated carbocycles. The van der Waals surface area contributed by atoms with Crippen LogP contribution >= 0.6 is 11.6 Å². The second-order valence-corrected chi connectivity index (χ2v) is 5.53. The second kappa shape index (κ2) is 8.31. The predicted molar refractivity (Wildman–Crippen MR) is 95.5 cm³/mol. The third-order valence-corrected chi connectivity index (χ3v) is 3.73. The quantitative estimate of drug-likeness (QED) is 0.596. The smallest absolute Gasteiger partial charge is 0.0708 e. The molecule has 23 heavy (non-hydrogen) atoms. The molecule has 1 aromatic heterocycles.